The molecule has 5 rings (SSSR count). The second kappa shape index (κ2) is 13.4. The average Bonchev–Trinajstić information content (AvgIpc) is 3.01. The van der Waals surface area contributed by atoms with E-state index in [4.69, 9.17) is 14.5 Å². The molecule has 262 valence electrons. The number of aliphatic hydroxyl groups is 1. The number of piperidine rings is 1. The fourth-order valence-electron chi connectivity index (χ4n) is 7.58. The van der Waals surface area contributed by atoms with Crippen molar-refractivity contribution in [3.63, 3.8) is 0 Å². The van der Waals surface area contributed by atoms with Crippen molar-refractivity contribution in [2.75, 3.05) is 49.0 Å². The fourth-order valence-corrected chi connectivity index (χ4v) is 7.58. The zero-order valence-corrected chi connectivity index (χ0v) is 29.6. The Morgan fingerprint density at radius 1 is 1.17 bits per heavy atom. The number of anilines is 4. The molecule has 13 nitrogen and oxygen atoms in total. The molecule has 2 aromatic rings. The lowest BCUT2D eigenvalue weighted by molar-refractivity contribution is -0.120. The lowest BCUT2D eigenvalue weighted by Gasteiger charge is -2.59. The number of nitrogens with zero attached hydrogens (tertiary/aromatic N) is 5. The third-order valence-corrected chi connectivity index (χ3v) is 9.83. The van der Waals surface area contributed by atoms with Crippen LogP contribution in [0, 0.1) is 5.41 Å². The Balaban J connectivity index is 1.27. The van der Waals surface area contributed by atoms with E-state index in [1.54, 1.807) is 41.2 Å². The van der Waals surface area contributed by atoms with Gasteiger partial charge in [0.05, 0.1) is 19.0 Å². The predicted octanol–water partition coefficient (Wildman–Crippen LogP) is 4.86. The number of hydrogen-bond donors (Lipinski definition) is 3. The first-order valence-corrected chi connectivity index (χ1v) is 16.9. The van der Waals surface area contributed by atoms with E-state index in [-0.39, 0.29) is 42.0 Å². The maximum atomic E-state index is 13.6. The number of hydrogen-bond acceptors (Lipinski definition) is 10. The highest BCUT2D eigenvalue weighted by atomic mass is 16.6. The van der Waals surface area contributed by atoms with Crippen LogP contribution < -0.4 is 25.2 Å². The molecule has 0 bridgehead atoms. The van der Waals surface area contributed by atoms with Crippen LogP contribution in [0.25, 0.3) is 0 Å². The molecular weight excluding hydrogens is 614 g/mol. The molecule has 0 unspecified atom stereocenters. The number of rotatable bonds is 9. The summed E-state index contributed by atoms with van der Waals surface area (Å²) in [5.74, 6) is 1.23. The van der Waals surface area contributed by atoms with Crippen LogP contribution in [0.15, 0.2) is 24.4 Å². The number of carbonyl (C=O) groups excluding carboxylic acids is 3. The third-order valence-electron chi connectivity index (χ3n) is 9.83. The van der Waals surface area contributed by atoms with Gasteiger partial charge in [0.25, 0.3) is 5.91 Å². The van der Waals surface area contributed by atoms with Crippen molar-refractivity contribution in [2.45, 2.75) is 103 Å². The number of ether oxygens (including phenoxy) is 2. The van der Waals surface area contributed by atoms with Gasteiger partial charge in [0.1, 0.15) is 23.1 Å². The van der Waals surface area contributed by atoms with E-state index in [9.17, 15) is 19.5 Å². The molecule has 3 N–H and O–H groups in total. The molecule has 1 saturated heterocycles. The fraction of sp³-hybridized carbons (Fsp3) is 0.629. The van der Waals surface area contributed by atoms with E-state index in [1.807, 2.05) is 46.4 Å². The molecule has 1 aromatic carbocycles. The number of likely N-dealkylation sites (tertiary alicyclic amines) is 1. The highest BCUT2D eigenvalue weighted by Crippen LogP contribution is 2.56. The van der Waals surface area contributed by atoms with Gasteiger partial charge in [-0.25, -0.2) is 9.78 Å². The van der Waals surface area contributed by atoms with E-state index < -0.39 is 11.1 Å². The Hall–Kier alpha value is -4.13. The van der Waals surface area contributed by atoms with Crippen LogP contribution >= 0.6 is 0 Å². The van der Waals surface area contributed by atoms with Crippen LogP contribution in [-0.2, 0) is 9.53 Å². The van der Waals surface area contributed by atoms with Crippen LogP contribution in [0.2, 0.25) is 0 Å². The van der Waals surface area contributed by atoms with Crippen molar-refractivity contribution in [1.29, 1.82) is 0 Å². The molecule has 1 aliphatic carbocycles. The molecule has 2 fully saturated rings. The van der Waals surface area contributed by atoms with Crippen molar-refractivity contribution in [3.05, 3.63) is 30.0 Å². The number of aliphatic hydroxyl groups excluding tert-OH is 1. The van der Waals surface area contributed by atoms with Crippen LogP contribution in [0.4, 0.5) is 27.9 Å². The van der Waals surface area contributed by atoms with E-state index in [0.717, 1.165) is 25.7 Å². The third kappa shape index (κ3) is 7.01. The first-order valence-electron chi connectivity index (χ1n) is 16.9. The van der Waals surface area contributed by atoms with Crippen molar-refractivity contribution >= 4 is 41.0 Å². The van der Waals surface area contributed by atoms with Crippen molar-refractivity contribution in [1.82, 2.24) is 20.2 Å². The molecule has 3 heterocycles. The molecule has 2 aliphatic heterocycles. The summed E-state index contributed by atoms with van der Waals surface area (Å²) < 4.78 is 11.2. The molecule has 1 spiro atoms. The molecule has 1 atom stereocenters. The van der Waals surface area contributed by atoms with Crippen LogP contribution in [-0.4, -0.2) is 95.0 Å². The summed E-state index contributed by atoms with van der Waals surface area (Å²) in [5, 5.41) is 16.4. The lowest BCUT2D eigenvalue weighted by atomic mass is 9.52. The van der Waals surface area contributed by atoms with Crippen molar-refractivity contribution in [2.24, 2.45) is 5.41 Å². The minimum Gasteiger partial charge on any atom is -0.495 e. The standard InChI is InChI=1S/C35H51N7O6/c1-9-25-30(45)40(7)26-19-36-31(38-28(26)42(25)22(2)3)37-24-11-10-23(18-27(24)47-8)29(44)39-35(14-17-43)20-34(21-35)12-15-41(16-13-34)32(46)48-33(4,5)6/h10-11,18-19,22,25,43H,9,12-17,20-21H2,1-8H3,(H,39,44)(H,36,37,38)/t25-/m1/s1. The van der Waals surface area contributed by atoms with Gasteiger partial charge in [0.15, 0.2) is 5.82 Å². The van der Waals surface area contributed by atoms with E-state index in [0.29, 0.717) is 60.4 Å². The predicted molar refractivity (Wildman–Crippen MR) is 184 cm³/mol. The summed E-state index contributed by atoms with van der Waals surface area (Å²) in [5.41, 5.74) is 0.620. The minimum atomic E-state index is -0.539. The van der Waals surface area contributed by atoms with Gasteiger partial charge in [0, 0.05) is 43.9 Å². The maximum absolute atomic E-state index is 13.6. The molecule has 13 heteroatoms. The van der Waals surface area contributed by atoms with Gasteiger partial charge in [-0.05, 0) is 96.8 Å². The number of benzene rings is 1. The van der Waals surface area contributed by atoms with Crippen LogP contribution in [0.3, 0.4) is 0 Å². The Labute approximate surface area is 283 Å². The number of aromatic nitrogens is 2. The van der Waals surface area contributed by atoms with E-state index in [1.165, 1.54) is 7.11 Å². The molecular formula is C35H51N7O6. The zero-order chi connectivity index (χ0) is 35.0. The smallest absolute Gasteiger partial charge is 0.410 e. The topological polar surface area (TPSA) is 149 Å². The number of carbonyl (C=O) groups is 3. The van der Waals surface area contributed by atoms with Gasteiger partial charge in [-0.3, -0.25) is 9.59 Å². The first-order chi connectivity index (χ1) is 22.6. The van der Waals surface area contributed by atoms with E-state index in [2.05, 4.69) is 15.6 Å². The largest absolute Gasteiger partial charge is 0.495 e. The summed E-state index contributed by atoms with van der Waals surface area (Å²) in [4.78, 5) is 53.9. The molecule has 0 radical (unpaired) electrons. The van der Waals surface area contributed by atoms with Gasteiger partial charge < -0.3 is 39.9 Å². The Kier molecular flexibility index (Phi) is 9.83. The van der Waals surface area contributed by atoms with Gasteiger partial charge in [-0.1, -0.05) is 6.92 Å². The van der Waals surface area contributed by atoms with Crippen molar-refractivity contribution < 1.29 is 29.0 Å². The molecule has 1 aromatic heterocycles. The number of fused-ring (bicyclic) bond motifs is 1. The van der Waals surface area contributed by atoms with Crippen molar-refractivity contribution in [3.8, 4) is 5.75 Å². The van der Waals surface area contributed by atoms with E-state index >= 15 is 0 Å². The number of nitrogens with one attached hydrogen (secondary N) is 2. The number of amides is 3. The number of likely N-dealkylation sites (N-methyl/N-ethyl adjacent to an activating group) is 1. The first kappa shape index (κ1) is 35.2. The van der Waals surface area contributed by atoms with Gasteiger partial charge in [0.2, 0.25) is 11.9 Å². The zero-order valence-electron chi connectivity index (χ0n) is 29.6. The highest BCUT2D eigenvalue weighted by molar-refractivity contribution is 6.04. The monoisotopic (exact) mass is 665 g/mol. The Morgan fingerprint density at radius 2 is 1.85 bits per heavy atom. The highest BCUT2D eigenvalue weighted by Gasteiger charge is 2.55. The molecule has 1 saturated carbocycles. The second-order valence-corrected chi connectivity index (χ2v) is 14.8. The summed E-state index contributed by atoms with van der Waals surface area (Å²) in [7, 11) is 3.28. The van der Waals surface area contributed by atoms with Crippen LogP contribution in [0.1, 0.15) is 90.4 Å². The normalized spacial score (nSPS) is 19.9. The Morgan fingerprint density at radius 3 is 2.44 bits per heavy atom. The van der Waals surface area contributed by atoms with Gasteiger partial charge in [-0.15, -0.1) is 0 Å². The molecule has 48 heavy (non-hydrogen) atoms. The SMILES string of the molecule is CC[C@@H]1C(=O)N(C)c2cnc(Nc3ccc(C(=O)NC4(CCO)CC5(CCN(C(=O)OC(C)(C)C)CC5)C4)cc3OC)nc2N1C(C)C. The summed E-state index contributed by atoms with van der Waals surface area (Å²) >= 11 is 0. The quantitative estimate of drug-likeness (QED) is 0.339. The summed E-state index contributed by atoms with van der Waals surface area (Å²) in [6, 6.07) is 4.89. The molecule has 3 aliphatic rings. The number of methoxy groups -OCH3 is 1. The molecule has 3 amide bonds. The summed E-state index contributed by atoms with van der Waals surface area (Å²) in [6.07, 6.45) is 5.61. The maximum Gasteiger partial charge on any atom is 0.410 e. The van der Waals surface area contributed by atoms with Gasteiger partial charge in [-0.2, -0.15) is 4.98 Å². The average molecular weight is 666 g/mol. The summed E-state index contributed by atoms with van der Waals surface area (Å²) in [6.45, 7) is 12.8. The minimum absolute atomic E-state index is 0.0139. The van der Waals surface area contributed by atoms with Crippen LogP contribution in [0.5, 0.6) is 5.75 Å². The second-order valence-electron chi connectivity index (χ2n) is 14.8. The lowest BCUT2D eigenvalue weighted by Crippen LogP contribution is -2.64. The van der Waals surface area contributed by atoms with Gasteiger partial charge >= 0.3 is 6.09 Å². The Bertz CT molecular complexity index is 1520.